The van der Waals surface area contributed by atoms with E-state index in [4.69, 9.17) is 0 Å². The molecule has 0 unspecified atom stereocenters. The Morgan fingerprint density at radius 2 is 1.79 bits per heavy atom. The first-order valence-corrected chi connectivity index (χ1v) is 10.7. The van der Waals surface area contributed by atoms with Crippen molar-refractivity contribution < 1.29 is 22.6 Å². The van der Waals surface area contributed by atoms with Crippen LogP contribution in [0.1, 0.15) is 18.5 Å². The molecule has 0 bridgehead atoms. The Labute approximate surface area is 169 Å². The molecule has 0 saturated carbocycles. The van der Waals surface area contributed by atoms with Gasteiger partial charge < -0.3 is 10.2 Å². The van der Waals surface area contributed by atoms with Gasteiger partial charge in [0, 0.05) is 12.1 Å². The van der Waals surface area contributed by atoms with Crippen LogP contribution in [0.4, 0.5) is 15.8 Å². The number of hydrogen-bond donors (Lipinski definition) is 2. The van der Waals surface area contributed by atoms with Crippen LogP contribution in [-0.4, -0.2) is 50.9 Å². The van der Waals surface area contributed by atoms with Gasteiger partial charge in [0.1, 0.15) is 11.5 Å². The van der Waals surface area contributed by atoms with Gasteiger partial charge in [-0.15, -0.1) is 0 Å². The average molecular weight is 423 g/mol. The number of nitrogens with one attached hydrogen (secondary N) is 2. The van der Waals surface area contributed by atoms with E-state index in [2.05, 4.69) is 5.32 Å². The number of nitro groups is 1. The number of hydrogen-bond acceptors (Lipinski definition) is 5. The summed E-state index contributed by atoms with van der Waals surface area (Å²) in [6.45, 7) is 3.92. The van der Waals surface area contributed by atoms with E-state index >= 15 is 0 Å². The number of rotatable bonds is 6. The summed E-state index contributed by atoms with van der Waals surface area (Å²) in [7, 11) is -1.80. The number of benzene rings is 2. The number of likely N-dealkylation sites (N-methyl/N-ethyl adjacent to an activating group) is 1. The average Bonchev–Trinajstić information content (AvgIpc) is 2.68. The highest BCUT2D eigenvalue weighted by molar-refractivity contribution is 7.89. The maximum atomic E-state index is 13.1. The Hall–Kier alpha value is -2.56. The van der Waals surface area contributed by atoms with E-state index in [-0.39, 0.29) is 28.1 Å². The highest BCUT2D eigenvalue weighted by Gasteiger charge is 2.31. The van der Waals surface area contributed by atoms with Gasteiger partial charge >= 0.3 is 0 Å². The standard InChI is InChI=1S/C19H23FN4O4S/c1-14(15-3-5-16(20)6-4-15)21-18-8-7-17(13-19(18)24(25)26)29(27,28)23-11-9-22(2)10-12-23/h3-8,13-14,21H,9-12H2,1-2H3/p+1/t14-/m0/s1. The molecule has 1 atom stereocenters. The number of nitro benzene ring substituents is 1. The topological polar surface area (TPSA) is 97.0 Å². The Morgan fingerprint density at radius 1 is 1.17 bits per heavy atom. The molecule has 0 amide bonds. The Bertz CT molecular complexity index is 990. The van der Waals surface area contributed by atoms with E-state index in [1.54, 1.807) is 19.1 Å². The van der Waals surface area contributed by atoms with Crippen LogP contribution >= 0.6 is 0 Å². The minimum absolute atomic E-state index is 0.0938. The first kappa shape index (κ1) is 21.2. The van der Waals surface area contributed by atoms with Crippen LogP contribution in [0.15, 0.2) is 47.4 Å². The van der Waals surface area contributed by atoms with Gasteiger partial charge in [0.05, 0.1) is 43.0 Å². The predicted molar refractivity (Wildman–Crippen MR) is 107 cm³/mol. The fourth-order valence-corrected chi connectivity index (χ4v) is 4.73. The minimum atomic E-state index is -3.80. The minimum Gasteiger partial charge on any atom is -0.373 e. The second-order valence-corrected chi connectivity index (χ2v) is 9.15. The lowest BCUT2D eigenvalue weighted by molar-refractivity contribution is -0.883. The zero-order chi connectivity index (χ0) is 21.2. The van der Waals surface area contributed by atoms with Crippen LogP contribution < -0.4 is 10.2 Å². The number of halogens is 1. The lowest BCUT2D eigenvalue weighted by atomic mass is 10.1. The maximum Gasteiger partial charge on any atom is 0.293 e. The molecule has 1 aliphatic heterocycles. The summed E-state index contributed by atoms with van der Waals surface area (Å²) < 4.78 is 40.3. The van der Waals surface area contributed by atoms with Crippen molar-refractivity contribution in [1.29, 1.82) is 0 Å². The van der Waals surface area contributed by atoms with Gasteiger partial charge in [-0.25, -0.2) is 12.8 Å². The molecular weight excluding hydrogens is 399 g/mol. The Kier molecular flexibility index (Phi) is 6.15. The van der Waals surface area contributed by atoms with Gasteiger partial charge in [-0.3, -0.25) is 10.1 Å². The smallest absolute Gasteiger partial charge is 0.293 e. The zero-order valence-corrected chi connectivity index (χ0v) is 17.1. The molecule has 1 saturated heterocycles. The zero-order valence-electron chi connectivity index (χ0n) is 16.3. The summed E-state index contributed by atoms with van der Waals surface area (Å²) in [5.74, 6) is -0.369. The lowest BCUT2D eigenvalue weighted by Crippen LogP contribution is -3.12. The molecule has 29 heavy (non-hydrogen) atoms. The molecule has 0 radical (unpaired) electrons. The van der Waals surface area contributed by atoms with Crippen LogP contribution in [0.25, 0.3) is 0 Å². The molecule has 1 aliphatic rings. The molecule has 0 aromatic heterocycles. The van der Waals surface area contributed by atoms with Crippen molar-refractivity contribution in [1.82, 2.24) is 4.31 Å². The van der Waals surface area contributed by atoms with Crippen LogP contribution in [0.3, 0.4) is 0 Å². The van der Waals surface area contributed by atoms with Crippen molar-refractivity contribution in [2.24, 2.45) is 0 Å². The van der Waals surface area contributed by atoms with Gasteiger partial charge in [-0.2, -0.15) is 4.31 Å². The van der Waals surface area contributed by atoms with Crippen LogP contribution in [-0.2, 0) is 10.0 Å². The number of piperazine rings is 1. The maximum absolute atomic E-state index is 13.1. The van der Waals surface area contributed by atoms with Crippen LogP contribution in [0.2, 0.25) is 0 Å². The predicted octanol–water partition coefficient (Wildman–Crippen LogP) is 1.43. The quantitative estimate of drug-likeness (QED) is 0.541. The van der Waals surface area contributed by atoms with E-state index in [9.17, 15) is 22.9 Å². The number of sulfonamides is 1. The highest BCUT2D eigenvalue weighted by atomic mass is 32.2. The molecular formula is C19H24FN4O4S+. The third-order valence-corrected chi connectivity index (χ3v) is 7.02. The number of quaternary nitrogens is 1. The SMILES string of the molecule is C[C@H](Nc1ccc(S(=O)(=O)N2CC[NH+](C)CC2)cc1[N+](=O)[O-])c1ccc(F)cc1. The Balaban J connectivity index is 1.87. The normalized spacial score (nSPS) is 17.1. The van der Waals surface area contributed by atoms with Crippen molar-refractivity contribution in [3.63, 3.8) is 0 Å². The van der Waals surface area contributed by atoms with Crippen molar-refractivity contribution in [2.75, 3.05) is 38.5 Å². The second-order valence-electron chi connectivity index (χ2n) is 7.21. The van der Waals surface area contributed by atoms with Gasteiger partial charge in [0.2, 0.25) is 10.0 Å². The van der Waals surface area contributed by atoms with Gasteiger partial charge in [0.25, 0.3) is 5.69 Å². The monoisotopic (exact) mass is 423 g/mol. The van der Waals surface area contributed by atoms with Crippen molar-refractivity contribution in [3.05, 3.63) is 64.0 Å². The molecule has 2 aromatic carbocycles. The largest absolute Gasteiger partial charge is 0.373 e. The van der Waals surface area contributed by atoms with Crippen molar-refractivity contribution in [3.8, 4) is 0 Å². The van der Waals surface area contributed by atoms with E-state index in [1.807, 2.05) is 7.05 Å². The van der Waals surface area contributed by atoms with E-state index < -0.39 is 14.9 Å². The van der Waals surface area contributed by atoms with Crippen LogP contribution in [0.5, 0.6) is 0 Å². The molecule has 3 rings (SSSR count). The van der Waals surface area contributed by atoms with Crippen molar-refractivity contribution >= 4 is 21.4 Å². The second kappa shape index (κ2) is 8.44. The summed E-state index contributed by atoms with van der Waals surface area (Å²) in [6, 6.07) is 9.36. The van der Waals surface area contributed by atoms with E-state index in [0.29, 0.717) is 26.2 Å². The third kappa shape index (κ3) is 4.72. The summed E-state index contributed by atoms with van der Waals surface area (Å²) in [5, 5.41) is 14.6. The molecule has 1 heterocycles. The third-order valence-electron chi connectivity index (χ3n) is 5.12. The fourth-order valence-electron chi connectivity index (χ4n) is 3.27. The first-order chi connectivity index (χ1) is 13.7. The summed E-state index contributed by atoms with van der Waals surface area (Å²) in [4.78, 5) is 12.1. The molecule has 8 nitrogen and oxygen atoms in total. The fraction of sp³-hybridized carbons (Fsp3) is 0.368. The lowest BCUT2D eigenvalue weighted by Gasteiger charge is -2.29. The molecule has 10 heteroatoms. The molecule has 0 aliphatic carbocycles. The molecule has 0 spiro atoms. The summed E-state index contributed by atoms with van der Waals surface area (Å²) in [6.07, 6.45) is 0. The summed E-state index contributed by atoms with van der Waals surface area (Å²) >= 11 is 0. The van der Waals surface area contributed by atoms with Gasteiger partial charge in [-0.1, -0.05) is 12.1 Å². The van der Waals surface area contributed by atoms with Crippen molar-refractivity contribution in [2.45, 2.75) is 17.9 Å². The number of nitrogens with zero attached hydrogens (tertiary/aromatic N) is 2. The highest BCUT2D eigenvalue weighted by Crippen LogP contribution is 2.31. The molecule has 2 N–H and O–H groups in total. The van der Waals surface area contributed by atoms with Gasteiger partial charge in [-0.05, 0) is 36.8 Å². The molecule has 2 aromatic rings. The van der Waals surface area contributed by atoms with Crippen LogP contribution in [0, 0.1) is 15.9 Å². The molecule has 156 valence electrons. The van der Waals surface area contributed by atoms with E-state index in [1.165, 1.54) is 33.5 Å². The molecule has 1 fully saturated rings. The first-order valence-electron chi connectivity index (χ1n) is 9.30. The number of anilines is 1. The summed E-state index contributed by atoms with van der Waals surface area (Å²) in [5.41, 5.74) is 0.630. The van der Waals surface area contributed by atoms with E-state index in [0.717, 1.165) is 11.6 Å². The Morgan fingerprint density at radius 3 is 2.38 bits per heavy atom. The van der Waals surface area contributed by atoms with Gasteiger partial charge in [0.15, 0.2) is 0 Å².